The van der Waals surface area contributed by atoms with E-state index in [2.05, 4.69) is 89.0 Å². The van der Waals surface area contributed by atoms with E-state index >= 15 is 0 Å². The number of aromatic nitrogens is 2. The number of anilines is 1. The van der Waals surface area contributed by atoms with Crippen molar-refractivity contribution in [3.05, 3.63) is 102 Å². The molecule has 174 valence electrons. The smallest absolute Gasteiger partial charge is 0.170 e. The monoisotopic (exact) mass is 471 g/mol. The van der Waals surface area contributed by atoms with Gasteiger partial charge in [0.25, 0.3) is 0 Å². The van der Waals surface area contributed by atoms with Crippen LogP contribution in [0.5, 0.6) is 0 Å². The third-order valence-corrected chi connectivity index (χ3v) is 6.87. The van der Waals surface area contributed by atoms with Gasteiger partial charge in [-0.2, -0.15) is 0 Å². The Morgan fingerprint density at radius 3 is 2.50 bits per heavy atom. The normalized spacial score (nSPS) is 17.8. The minimum Gasteiger partial charge on any atom is -0.467 e. The number of hydrogen-bond donors (Lipinski definition) is 1. The van der Waals surface area contributed by atoms with Crippen molar-refractivity contribution < 1.29 is 4.42 Å². The minimum atomic E-state index is -0.0614. The summed E-state index contributed by atoms with van der Waals surface area (Å²) in [4.78, 5) is 8.99. The molecule has 4 heterocycles. The zero-order valence-corrected chi connectivity index (χ0v) is 20.7. The molecule has 0 aliphatic carbocycles. The molecular weight excluding hydrogens is 442 g/mol. The van der Waals surface area contributed by atoms with Crippen molar-refractivity contribution >= 4 is 23.0 Å². The molecule has 1 aliphatic rings. The molecule has 4 aromatic rings. The molecule has 1 N–H and O–H groups in total. The van der Waals surface area contributed by atoms with Crippen LogP contribution < -0.4 is 10.2 Å². The summed E-state index contributed by atoms with van der Waals surface area (Å²) in [5.74, 6) is 0.879. The predicted octanol–water partition coefficient (Wildman–Crippen LogP) is 5.32. The van der Waals surface area contributed by atoms with Gasteiger partial charge in [0.05, 0.1) is 30.6 Å². The molecule has 0 amide bonds. The Hall–Kier alpha value is -3.58. The second kappa shape index (κ2) is 8.99. The Balaban J connectivity index is 1.59. The van der Waals surface area contributed by atoms with Gasteiger partial charge in [-0.05, 0) is 86.2 Å². The van der Waals surface area contributed by atoms with E-state index in [9.17, 15) is 0 Å². The summed E-state index contributed by atoms with van der Waals surface area (Å²) in [6.07, 6.45) is 3.54. The summed E-state index contributed by atoms with van der Waals surface area (Å²) >= 11 is 5.82. The molecule has 1 aliphatic heterocycles. The van der Waals surface area contributed by atoms with Crippen LogP contribution in [0.25, 0.3) is 5.69 Å². The van der Waals surface area contributed by atoms with E-state index in [1.807, 2.05) is 30.5 Å². The third-order valence-electron chi connectivity index (χ3n) is 6.52. The van der Waals surface area contributed by atoms with E-state index in [0.717, 1.165) is 17.1 Å². The molecule has 34 heavy (non-hydrogen) atoms. The fraction of sp³-hybridized carbons (Fsp3) is 0.259. The Morgan fingerprint density at radius 2 is 1.85 bits per heavy atom. The quantitative estimate of drug-likeness (QED) is 0.384. The number of rotatable bonds is 6. The zero-order chi connectivity index (χ0) is 23.8. The highest BCUT2D eigenvalue weighted by molar-refractivity contribution is 7.80. The molecule has 7 heteroatoms. The first-order valence-electron chi connectivity index (χ1n) is 11.4. The van der Waals surface area contributed by atoms with E-state index in [1.165, 1.54) is 22.6 Å². The molecular formula is C27H29N5OS. The van der Waals surface area contributed by atoms with Crippen LogP contribution in [-0.2, 0) is 6.54 Å². The minimum absolute atomic E-state index is 0.0199. The van der Waals surface area contributed by atoms with Crippen LogP contribution in [0.4, 0.5) is 5.69 Å². The van der Waals surface area contributed by atoms with Crippen LogP contribution in [0.15, 0.2) is 77.5 Å². The van der Waals surface area contributed by atoms with Gasteiger partial charge in [0, 0.05) is 43.1 Å². The largest absolute Gasteiger partial charge is 0.467 e. The molecule has 3 aromatic heterocycles. The van der Waals surface area contributed by atoms with Crippen molar-refractivity contribution in [3.63, 3.8) is 0 Å². The number of thiocarbonyl (C=S) groups is 1. The van der Waals surface area contributed by atoms with Crippen LogP contribution in [0, 0.1) is 13.8 Å². The summed E-state index contributed by atoms with van der Waals surface area (Å²) in [5, 5.41) is 4.24. The maximum atomic E-state index is 5.82. The van der Waals surface area contributed by atoms with E-state index in [4.69, 9.17) is 16.6 Å². The fourth-order valence-corrected chi connectivity index (χ4v) is 5.17. The number of furan rings is 1. The van der Waals surface area contributed by atoms with Crippen molar-refractivity contribution in [1.82, 2.24) is 19.8 Å². The van der Waals surface area contributed by atoms with Crippen LogP contribution >= 0.6 is 12.2 Å². The standard InChI is InChI=1S/C27H29N5OS/c1-18-16-23(19(2)32(18)21-12-10-20(11-13-21)30(3)4)26-25(24-9-5-6-14-28-24)29-27(34)31(26)17-22-8-7-15-33-22/h5-16,25-26H,17H2,1-4H3,(H,29,34). The van der Waals surface area contributed by atoms with Gasteiger partial charge in [-0.1, -0.05) is 6.07 Å². The zero-order valence-electron chi connectivity index (χ0n) is 19.9. The molecule has 0 bridgehead atoms. The SMILES string of the molecule is Cc1cc(C2C(c3ccccn3)NC(=S)N2Cc2ccco2)c(C)n1-c1ccc(N(C)C)cc1. The van der Waals surface area contributed by atoms with Gasteiger partial charge in [0.15, 0.2) is 5.11 Å². The highest BCUT2D eigenvalue weighted by Gasteiger charge is 2.41. The first kappa shape index (κ1) is 22.2. The summed E-state index contributed by atoms with van der Waals surface area (Å²) < 4.78 is 7.99. The molecule has 6 nitrogen and oxygen atoms in total. The van der Waals surface area contributed by atoms with E-state index in [-0.39, 0.29) is 12.1 Å². The number of pyridine rings is 1. The second-order valence-corrected chi connectivity index (χ2v) is 9.29. The first-order valence-corrected chi connectivity index (χ1v) is 11.8. The van der Waals surface area contributed by atoms with Crippen LogP contribution in [0.2, 0.25) is 0 Å². The molecule has 5 rings (SSSR count). The van der Waals surface area contributed by atoms with E-state index < -0.39 is 0 Å². The van der Waals surface area contributed by atoms with Crippen molar-refractivity contribution in [2.75, 3.05) is 19.0 Å². The van der Waals surface area contributed by atoms with Gasteiger partial charge in [0.1, 0.15) is 5.76 Å². The summed E-state index contributed by atoms with van der Waals surface area (Å²) in [7, 11) is 4.11. The maximum absolute atomic E-state index is 5.82. The topological polar surface area (TPSA) is 49.5 Å². The Morgan fingerprint density at radius 1 is 1.06 bits per heavy atom. The van der Waals surface area contributed by atoms with Crippen molar-refractivity contribution in [2.24, 2.45) is 0 Å². The fourth-order valence-electron chi connectivity index (χ4n) is 4.87. The van der Waals surface area contributed by atoms with E-state index in [0.29, 0.717) is 11.7 Å². The molecule has 1 aromatic carbocycles. The van der Waals surface area contributed by atoms with Gasteiger partial charge >= 0.3 is 0 Å². The number of benzene rings is 1. The molecule has 0 spiro atoms. The maximum Gasteiger partial charge on any atom is 0.170 e. The van der Waals surface area contributed by atoms with E-state index in [1.54, 1.807) is 6.26 Å². The van der Waals surface area contributed by atoms with Crippen LogP contribution in [0.1, 0.15) is 40.5 Å². The Kier molecular flexibility index (Phi) is 5.87. The third kappa shape index (κ3) is 3.96. The number of nitrogens with one attached hydrogen (secondary N) is 1. The molecule has 0 saturated carbocycles. The molecule has 2 atom stereocenters. The van der Waals surface area contributed by atoms with Gasteiger partial charge in [-0.25, -0.2) is 0 Å². The lowest BCUT2D eigenvalue weighted by Gasteiger charge is -2.27. The lowest BCUT2D eigenvalue weighted by molar-refractivity contribution is 0.286. The summed E-state index contributed by atoms with van der Waals surface area (Å²) in [6.45, 7) is 4.93. The molecule has 1 saturated heterocycles. The van der Waals surface area contributed by atoms with Gasteiger partial charge in [-0.3, -0.25) is 4.98 Å². The molecule has 2 unspecified atom stereocenters. The average molecular weight is 472 g/mol. The van der Waals surface area contributed by atoms with Gasteiger partial charge in [-0.15, -0.1) is 0 Å². The highest BCUT2D eigenvalue weighted by Crippen LogP contribution is 2.42. The Bertz CT molecular complexity index is 1280. The van der Waals surface area contributed by atoms with Crippen LogP contribution in [0.3, 0.4) is 0 Å². The highest BCUT2D eigenvalue weighted by atomic mass is 32.1. The molecule has 1 fully saturated rings. The van der Waals surface area contributed by atoms with Gasteiger partial charge in [0.2, 0.25) is 0 Å². The van der Waals surface area contributed by atoms with Crippen molar-refractivity contribution in [1.29, 1.82) is 0 Å². The summed E-state index contributed by atoms with van der Waals surface area (Å²) in [6, 6.07) is 20.8. The first-order chi connectivity index (χ1) is 16.4. The van der Waals surface area contributed by atoms with Crippen molar-refractivity contribution in [3.8, 4) is 5.69 Å². The average Bonchev–Trinajstić information content (AvgIpc) is 3.54. The number of aryl methyl sites for hydroxylation is 1. The number of hydrogen-bond acceptors (Lipinski definition) is 4. The Labute approximate surface area is 205 Å². The second-order valence-electron chi connectivity index (χ2n) is 8.91. The molecule has 0 radical (unpaired) electrons. The number of nitrogens with zero attached hydrogens (tertiary/aromatic N) is 4. The van der Waals surface area contributed by atoms with Gasteiger partial charge < -0.3 is 24.1 Å². The lowest BCUT2D eigenvalue weighted by Crippen LogP contribution is -2.29. The predicted molar refractivity (Wildman–Crippen MR) is 139 cm³/mol. The van der Waals surface area contributed by atoms with Crippen LogP contribution in [-0.4, -0.2) is 33.7 Å². The lowest BCUT2D eigenvalue weighted by atomic mass is 9.96. The summed E-state index contributed by atoms with van der Waals surface area (Å²) in [5.41, 5.74) is 6.89. The van der Waals surface area contributed by atoms with Crippen molar-refractivity contribution in [2.45, 2.75) is 32.5 Å².